The maximum absolute atomic E-state index is 4.49. The van der Waals surface area contributed by atoms with Gasteiger partial charge in [-0.15, -0.1) is 0 Å². The van der Waals surface area contributed by atoms with Crippen molar-refractivity contribution in [3.63, 3.8) is 0 Å². The zero-order valence-corrected chi connectivity index (χ0v) is 10.9. The molecule has 0 saturated carbocycles. The minimum atomic E-state index is 1.04. The molecule has 3 rings (SSSR count). The maximum Gasteiger partial charge on any atom is 0.0408 e. The third kappa shape index (κ3) is 1.42. The third-order valence-electron chi connectivity index (χ3n) is 3.85. The summed E-state index contributed by atoms with van der Waals surface area (Å²) in [5.41, 5.74) is 11.0. The van der Waals surface area contributed by atoms with Crippen LogP contribution < -0.4 is 0 Å². The predicted octanol–water partition coefficient (Wildman–Crippen LogP) is 3.89. The van der Waals surface area contributed by atoms with Crippen LogP contribution in [0.2, 0.25) is 0 Å². The van der Waals surface area contributed by atoms with Crippen LogP contribution in [0.15, 0.2) is 18.3 Å². The quantitative estimate of drug-likeness (QED) is 0.563. The lowest BCUT2D eigenvalue weighted by Crippen LogP contribution is -1.93. The summed E-state index contributed by atoms with van der Waals surface area (Å²) < 4.78 is 0. The summed E-state index contributed by atoms with van der Waals surface area (Å²) in [6, 6.07) is 4.60. The van der Waals surface area contributed by atoms with Crippen molar-refractivity contribution in [2.24, 2.45) is 0 Å². The second-order valence-electron chi connectivity index (χ2n) is 5.16. The maximum atomic E-state index is 4.49. The van der Waals surface area contributed by atoms with Gasteiger partial charge in [-0.1, -0.05) is 17.7 Å². The van der Waals surface area contributed by atoms with Gasteiger partial charge in [0.2, 0.25) is 0 Å². The van der Waals surface area contributed by atoms with E-state index >= 15 is 0 Å². The number of rotatable bonds is 0. The van der Waals surface area contributed by atoms with Crippen LogP contribution in [0, 0.1) is 27.7 Å². The predicted molar refractivity (Wildman–Crippen MR) is 71.4 cm³/mol. The van der Waals surface area contributed by atoms with Crippen LogP contribution in [-0.2, 0) is 6.42 Å². The molecule has 86 valence electrons. The summed E-state index contributed by atoms with van der Waals surface area (Å²) >= 11 is 0. The Labute approximate surface area is 103 Å². The SMILES string of the molecule is Cc1cc(C)c2c(c1)Cc1cnc(C)c(C)c1-2. The third-order valence-corrected chi connectivity index (χ3v) is 3.85. The van der Waals surface area contributed by atoms with Crippen molar-refractivity contribution in [1.82, 2.24) is 4.98 Å². The first-order chi connectivity index (χ1) is 8.08. The van der Waals surface area contributed by atoms with Gasteiger partial charge in [0.05, 0.1) is 0 Å². The second kappa shape index (κ2) is 3.43. The molecule has 0 N–H and O–H groups in total. The average Bonchev–Trinajstić information content (AvgIpc) is 2.62. The molecule has 0 unspecified atom stereocenters. The first-order valence-corrected chi connectivity index (χ1v) is 6.13. The lowest BCUT2D eigenvalue weighted by Gasteiger charge is -2.11. The Kier molecular flexibility index (Phi) is 2.12. The first kappa shape index (κ1) is 10.5. The Morgan fingerprint density at radius 2 is 1.71 bits per heavy atom. The lowest BCUT2D eigenvalue weighted by molar-refractivity contribution is 1.11. The van der Waals surface area contributed by atoms with E-state index in [1.54, 1.807) is 0 Å². The van der Waals surface area contributed by atoms with Gasteiger partial charge >= 0.3 is 0 Å². The van der Waals surface area contributed by atoms with E-state index in [-0.39, 0.29) is 0 Å². The van der Waals surface area contributed by atoms with Crippen LogP contribution >= 0.6 is 0 Å². The van der Waals surface area contributed by atoms with Crippen molar-refractivity contribution in [3.8, 4) is 11.1 Å². The standard InChI is InChI=1S/C16H17N/c1-9-5-10(2)15-13(6-9)7-14-8-17-12(4)11(3)16(14)15/h5-6,8H,7H2,1-4H3. The normalized spacial score (nSPS) is 12.5. The number of aryl methyl sites for hydroxylation is 3. The van der Waals surface area contributed by atoms with Gasteiger partial charge in [-0.05, 0) is 61.1 Å². The number of hydrogen-bond donors (Lipinski definition) is 0. The molecular weight excluding hydrogens is 206 g/mol. The molecule has 1 aliphatic carbocycles. The van der Waals surface area contributed by atoms with Crippen LogP contribution in [0.4, 0.5) is 0 Å². The van der Waals surface area contributed by atoms with Crippen LogP contribution in [0.3, 0.4) is 0 Å². The number of fused-ring (bicyclic) bond motifs is 3. The van der Waals surface area contributed by atoms with Gasteiger partial charge in [0.1, 0.15) is 0 Å². The first-order valence-electron chi connectivity index (χ1n) is 6.13. The van der Waals surface area contributed by atoms with Crippen molar-refractivity contribution in [2.75, 3.05) is 0 Å². The van der Waals surface area contributed by atoms with Crippen LogP contribution in [0.5, 0.6) is 0 Å². The number of aromatic nitrogens is 1. The lowest BCUT2D eigenvalue weighted by atomic mass is 9.95. The number of nitrogens with zero attached hydrogens (tertiary/aromatic N) is 1. The highest BCUT2D eigenvalue weighted by Crippen LogP contribution is 2.41. The van der Waals surface area contributed by atoms with Crippen LogP contribution in [0.25, 0.3) is 11.1 Å². The second-order valence-corrected chi connectivity index (χ2v) is 5.16. The number of benzene rings is 1. The van der Waals surface area contributed by atoms with Gasteiger partial charge in [-0.2, -0.15) is 0 Å². The zero-order valence-electron chi connectivity index (χ0n) is 10.9. The topological polar surface area (TPSA) is 12.9 Å². The Morgan fingerprint density at radius 3 is 2.47 bits per heavy atom. The van der Waals surface area contributed by atoms with Crippen LogP contribution in [0.1, 0.15) is 33.5 Å². The molecule has 0 aliphatic heterocycles. The van der Waals surface area contributed by atoms with E-state index < -0.39 is 0 Å². The molecule has 1 aromatic heterocycles. The molecule has 2 aromatic rings. The van der Waals surface area contributed by atoms with E-state index in [1.165, 1.54) is 38.9 Å². The van der Waals surface area contributed by atoms with Crippen molar-refractivity contribution >= 4 is 0 Å². The Bertz CT molecular complexity index is 624. The summed E-state index contributed by atoms with van der Waals surface area (Å²) in [6.07, 6.45) is 3.09. The molecule has 17 heavy (non-hydrogen) atoms. The van der Waals surface area contributed by atoms with E-state index in [4.69, 9.17) is 0 Å². The minimum Gasteiger partial charge on any atom is -0.261 e. The van der Waals surface area contributed by atoms with Crippen molar-refractivity contribution < 1.29 is 0 Å². The summed E-state index contributed by atoms with van der Waals surface area (Å²) in [5, 5.41) is 0. The largest absolute Gasteiger partial charge is 0.261 e. The monoisotopic (exact) mass is 223 g/mol. The van der Waals surface area contributed by atoms with Gasteiger partial charge in [-0.25, -0.2) is 0 Å². The highest BCUT2D eigenvalue weighted by Gasteiger charge is 2.23. The van der Waals surface area contributed by atoms with Gasteiger partial charge < -0.3 is 0 Å². The van der Waals surface area contributed by atoms with Gasteiger partial charge in [-0.3, -0.25) is 4.98 Å². The van der Waals surface area contributed by atoms with E-state index in [0.717, 1.165) is 12.1 Å². The molecule has 1 nitrogen and oxygen atoms in total. The van der Waals surface area contributed by atoms with E-state index in [9.17, 15) is 0 Å². The number of pyridine rings is 1. The van der Waals surface area contributed by atoms with Crippen molar-refractivity contribution in [3.05, 3.63) is 51.8 Å². The summed E-state index contributed by atoms with van der Waals surface area (Å²) in [6.45, 7) is 8.68. The Balaban J connectivity index is 2.37. The Morgan fingerprint density at radius 1 is 0.941 bits per heavy atom. The molecular formula is C16H17N. The molecule has 1 heterocycles. The molecule has 1 heteroatoms. The summed E-state index contributed by atoms with van der Waals surface area (Å²) in [7, 11) is 0. The highest BCUT2D eigenvalue weighted by molar-refractivity contribution is 5.82. The smallest absolute Gasteiger partial charge is 0.0408 e. The van der Waals surface area contributed by atoms with Crippen molar-refractivity contribution in [1.29, 1.82) is 0 Å². The molecule has 0 bridgehead atoms. The molecule has 1 aliphatic rings. The van der Waals surface area contributed by atoms with Gasteiger partial charge in [0, 0.05) is 18.3 Å². The summed E-state index contributed by atoms with van der Waals surface area (Å²) in [5.74, 6) is 0. The highest BCUT2D eigenvalue weighted by atomic mass is 14.7. The average molecular weight is 223 g/mol. The fourth-order valence-electron chi connectivity index (χ4n) is 3.00. The van der Waals surface area contributed by atoms with Gasteiger partial charge in [0.25, 0.3) is 0 Å². The molecule has 0 saturated heterocycles. The van der Waals surface area contributed by atoms with E-state index in [2.05, 4.69) is 44.8 Å². The molecule has 0 spiro atoms. The Hall–Kier alpha value is -1.63. The molecule has 1 aromatic carbocycles. The molecule has 0 radical (unpaired) electrons. The van der Waals surface area contributed by atoms with Gasteiger partial charge in [0.15, 0.2) is 0 Å². The van der Waals surface area contributed by atoms with Crippen LogP contribution in [-0.4, -0.2) is 4.98 Å². The zero-order chi connectivity index (χ0) is 12.2. The fraction of sp³-hybridized carbons (Fsp3) is 0.312. The van der Waals surface area contributed by atoms with Crippen molar-refractivity contribution in [2.45, 2.75) is 34.1 Å². The molecule has 0 atom stereocenters. The van der Waals surface area contributed by atoms with E-state index in [1.807, 2.05) is 6.20 Å². The molecule has 0 fully saturated rings. The fourth-order valence-corrected chi connectivity index (χ4v) is 3.00. The molecule has 0 amide bonds. The minimum absolute atomic E-state index is 1.04. The van der Waals surface area contributed by atoms with E-state index in [0.29, 0.717) is 0 Å². The summed E-state index contributed by atoms with van der Waals surface area (Å²) in [4.78, 5) is 4.49. The number of hydrogen-bond acceptors (Lipinski definition) is 1.